The number of aryl methyl sites for hydroxylation is 2. The average Bonchev–Trinajstić information content (AvgIpc) is 2.90. The van der Waals surface area contributed by atoms with Gasteiger partial charge in [0.1, 0.15) is 4.90 Å². The fraction of sp³-hybridized carbons (Fsp3) is 0.636. The lowest BCUT2D eigenvalue weighted by atomic mass is 10.1. The highest BCUT2D eigenvalue weighted by Gasteiger charge is 2.62. The standard InChI is InChI=1S/C11H15ClF2N4O3S/c1-4-17-6-9(8(3)16-17)22(20,21)18-10(19,11(12,13)14)5-7(2)15-18/h6,19H,4-5H2,1-3H3. The zero-order valence-electron chi connectivity index (χ0n) is 12.1. The molecule has 1 aromatic heterocycles. The molecule has 22 heavy (non-hydrogen) atoms. The Morgan fingerprint density at radius 3 is 2.55 bits per heavy atom. The van der Waals surface area contributed by atoms with Crippen LogP contribution in [0.25, 0.3) is 0 Å². The van der Waals surface area contributed by atoms with Crippen LogP contribution >= 0.6 is 11.6 Å². The van der Waals surface area contributed by atoms with Gasteiger partial charge in [0.25, 0.3) is 15.7 Å². The van der Waals surface area contributed by atoms with E-state index in [1.807, 2.05) is 0 Å². The Bertz CT molecular complexity index is 728. The van der Waals surface area contributed by atoms with Crippen molar-refractivity contribution in [3.63, 3.8) is 0 Å². The molecule has 1 aliphatic heterocycles. The molecule has 0 bridgehead atoms. The van der Waals surface area contributed by atoms with Crippen molar-refractivity contribution >= 4 is 27.3 Å². The molecule has 1 N–H and O–H groups in total. The second-order valence-corrected chi connectivity index (χ2v) is 7.22. The number of halogens is 3. The molecule has 1 unspecified atom stereocenters. The summed E-state index contributed by atoms with van der Waals surface area (Å²) in [5.74, 6) is 0. The number of aliphatic hydroxyl groups is 1. The largest absolute Gasteiger partial charge is 0.371 e. The summed E-state index contributed by atoms with van der Waals surface area (Å²) in [6, 6.07) is 0. The van der Waals surface area contributed by atoms with E-state index in [-0.39, 0.29) is 20.7 Å². The van der Waals surface area contributed by atoms with Crippen molar-refractivity contribution in [1.29, 1.82) is 0 Å². The second kappa shape index (κ2) is 5.14. The molecule has 0 saturated heterocycles. The van der Waals surface area contributed by atoms with E-state index in [0.29, 0.717) is 6.54 Å². The summed E-state index contributed by atoms with van der Waals surface area (Å²) in [5, 5.41) is 13.4. The van der Waals surface area contributed by atoms with Gasteiger partial charge in [-0.1, -0.05) is 0 Å². The lowest BCUT2D eigenvalue weighted by Gasteiger charge is -2.34. The van der Waals surface area contributed by atoms with E-state index in [1.54, 1.807) is 6.92 Å². The number of aromatic nitrogens is 2. The number of hydrazone groups is 1. The molecule has 0 aromatic carbocycles. The van der Waals surface area contributed by atoms with Gasteiger partial charge in [-0.15, -0.1) is 4.41 Å². The van der Waals surface area contributed by atoms with Gasteiger partial charge in [-0.3, -0.25) is 4.68 Å². The fourth-order valence-electron chi connectivity index (χ4n) is 2.17. The Hall–Kier alpha value is -1.26. The third-order valence-electron chi connectivity index (χ3n) is 3.27. The first-order chi connectivity index (χ1) is 9.93. The number of sulfonamides is 1. The highest BCUT2D eigenvalue weighted by atomic mass is 35.5. The van der Waals surface area contributed by atoms with Crippen molar-refractivity contribution in [2.45, 2.75) is 49.7 Å². The lowest BCUT2D eigenvalue weighted by molar-refractivity contribution is -0.175. The first-order valence-electron chi connectivity index (χ1n) is 6.36. The van der Waals surface area contributed by atoms with Crippen molar-refractivity contribution in [2.24, 2.45) is 5.10 Å². The van der Waals surface area contributed by atoms with Gasteiger partial charge in [-0.05, 0) is 32.4 Å². The van der Waals surface area contributed by atoms with E-state index in [9.17, 15) is 22.3 Å². The maximum absolute atomic E-state index is 13.6. The summed E-state index contributed by atoms with van der Waals surface area (Å²) in [6.45, 7) is 4.88. The summed E-state index contributed by atoms with van der Waals surface area (Å²) in [5.41, 5.74) is -3.02. The molecule has 0 aliphatic carbocycles. The first-order valence-corrected chi connectivity index (χ1v) is 8.18. The molecule has 2 heterocycles. The minimum absolute atomic E-state index is 0.0203. The van der Waals surface area contributed by atoms with Crippen LogP contribution in [0.1, 0.15) is 26.0 Å². The second-order valence-electron chi connectivity index (χ2n) is 5.01. The van der Waals surface area contributed by atoms with Crippen LogP contribution in [0.5, 0.6) is 0 Å². The Kier molecular flexibility index (Phi) is 3.99. The Balaban J connectivity index is 2.58. The number of hydrogen-bond donors (Lipinski definition) is 1. The van der Waals surface area contributed by atoms with E-state index in [2.05, 4.69) is 10.2 Å². The monoisotopic (exact) mass is 356 g/mol. The minimum Gasteiger partial charge on any atom is -0.363 e. The van der Waals surface area contributed by atoms with E-state index in [4.69, 9.17) is 11.6 Å². The minimum atomic E-state index is -4.53. The van der Waals surface area contributed by atoms with Crippen LogP contribution in [0.3, 0.4) is 0 Å². The molecule has 1 aromatic rings. The normalized spacial score (nSPS) is 23.0. The van der Waals surface area contributed by atoms with E-state index >= 15 is 0 Å². The molecule has 11 heteroatoms. The van der Waals surface area contributed by atoms with Crippen molar-refractivity contribution < 1.29 is 22.3 Å². The van der Waals surface area contributed by atoms with Gasteiger partial charge in [0.05, 0.1) is 5.69 Å². The Morgan fingerprint density at radius 2 is 2.09 bits per heavy atom. The number of rotatable bonds is 4. The number of hydrogen-bond acceptors (Lipinski definition) is 5. The van der Waals surface area contributed by atoms with Crippen LogP contribution in [-0.2, 0) is 16.6 Å². The smallest absolute Gasteiger partial charge is 0.363 e. The van der Waals surface area contributed by atoms with Crippen LogP contribution in [0.15, 0.2) is 16.2 Å². The topological polar surface area (TPSA) is 87.8 Å². The zero-order valence-corrected chi connectivity index (χ0v) is 13.7. The van der Waals surface area contributed by atoms with Gasteiger partial charge in [0, 0.05) is 24.9 Å². The van der Waals surface area contributed by atoms with Gasteiger partial charge >= 0.3 is 5.38 Å². The average molecular weight is 357 g/mol. The molecule has 1 atom stereocenters. The number of nitrogens with zero attached hydrogens (tertiary/aromatic N) is 4. The van der Waals surface area contributed by atoms with Crippen LogP contribution in [0.2, 0.25) is 0 Å². The summed E-state index contributed by atoms with van der Waals surface area (Å²) in [7, 11) is -4.53. The van der Waals surface area contributed by atoms with Gasteiger partial charge in [-0.2, -0.15) is 27.4 Å². The molecular formula is C11H15ClF2N4O3S. The molecule has 0 saturated carbocycles. The number of alkyl halides is 3. The highest BCUT2D eigenvalue weighted by Crippen LogP contribution is 2.44. The molecule has 124 valence electrons. The zero-order chi connectivity index (χ0) is 16.9. The molecule has 0 fully saturated rings. The summed E-state index contributed by atoms with van der Waals surface area (Å²) in [4.78, 5) is -0.313. The summed E-state index contributed by atoms with van der Waals surface area (Å²) in [6.07, 6.45) is 0.504. The summed E-state index contributed by atoms with van der Waals surface area (Å²) < 4.78 is 53.7. The molecule has 0 amide bonds. The lowest BCUT2D eigenvalue weighted by Crippen LogP contribution is -2.56. The third kappa shape index (κ3) is 2.48. The van der Waals surface area contributed by atoms with Crippen molar-refractivity contribution in [3.8, 4) is 0 Å². The van der Waals surface area contributed by atoms with Crippen LogP contribution in [0.4, 0.5) is 8.78 Å². The van der Waals surface area contributed by atoms with Crippen LogP contribution < -0.4 is 0 Å². The first kappa shape index (κ1) is 17.1. The van der Waals surface area contributed by atoms with E-state index in [0.717, 1.165) is 0 Å². The molecule has 7 nitrogen and oxygen atoms in total. The Morgan fingerprint density at radius 1 is 1.50 bits per heavy atom. The van der Waals surface area contributed by atoms with Crippen LogP contribution in [0, 0.1) is 6.92 Å². The van der Waals surface area contributed by atoms with Gasteiger partial charge in [0.15, 0.2) is 0 Å². The van der Waals surface area contributed by atoms with Gasteiger partial charge < -0.3 is 5.11 Å². The molecule has 2 rings (SSSR count). The quantitative estimate of drug-likeness (QED) is 0.828. The predicted molar refractivity (Wildman–Crippen MR) is 75.1 cm³/mol. The van der Waals surface area contributed by atoms with Crippen molar-refractivity contribution in [2.75, 3.05) is 0 Å². The predicted octanol–water partition coefficient (Wildman–Crippen LogP) is 1.50. The summed E-state index contributed by atoms with van der Waals surface area (Å²) >= 11 is 4.92. The SMILES string of the molecule is CCn1cc(S(=O)(=O)N2N=C(C)CC2(O)C(F)(F)Cl)c(C)n1. The molecular weight excluding hydrogens is 342 g/mol. The Labute approximate surface area is 131 Å². The molecule has 1 aliphatic rings. The van der Waals surface area contributed by atoms with Gasteiger partial charge in [-0.25, -0.2) is 0 Å². The fourth-order valence-corrected chi connectivity index (χ4v) is 4.04. The maximum Gasteiger partial charge on any atom is 0.371 e. The van der Waals surface area contributed by atoms with Crippen LogP contribution in [-0.4, -0.2) is 44.5 Å². The molecule has 0 radical (unpaired) electrons. The molecule has 0 spiro atoms. The van der Waals surface area contributed by atoms with E-state index < -0.39 is 27.6 Å². The highest BCUT2D eigenvalue weighted by molar-refractivity contribution is 7.89. The van der Waals surface area contributed by atoms with Crippen molar-refractivity contribution in [1.82, 2.24) is 14.2 Å². The third-order valence-corrected chi connectivity index (χ3v) is 5.36. The maximum atomic E-state index is 13.6. The van der Waals surface area contributed by atoms with Gasteiger partial charge in [0.2, 0.25) is 0 Å². The van der Waals surface area contributed by atoms with E-state index in [1.165, 1.54) is 24.7 Å². The van der Waals surface area contributed by atoms with Crippen molar-refractivity contribution in [3.05, 3.63) is 11.9 Å².